The molecule has 0 radical (unpaired) electrons. The van der Waals surface area contributed by atoms with Crippen molar-refractivity contribution in [2.24, 2.45) is 5.10 Å². The standard InChI is InChI=1S/C21H19N3O3S/c1-13-3-8-18-17(9-13)19(10-14(2)23-18)28-12-20(25)24-22-11-15-4-6-16(7-5-15)21(26)27/h3-11H,12H2,1-2H3,(H,24,25)(H,26,27)/b22-11-. The summed E-state index contributed by atoms with van der Waals surface area (Å²) in [4.78, 5) is 28.5. The average Bonchev–Trinajstić information content (AvgIpc) is 2.67. The number of carboxylic acids is 1. The molecule has 0 bridgehead atoms. The first-order chi connectivity index (χ1) is 13.4. The molecule has 0 atom stereocenters. The molecule has 6 nitrogen and oxygen atoms in total. The Hall–Kier alpha value is -3.19. The summed E-state index contributed by atoms with van der Waals surface area (Å²) in [5, 5.41) is 13.8. The van der Waals surface area contributed by atoms with Gasteiger partial charge in [0.05, 0.1) is 23.0 Å². The minimum Gasteiger partial charge on any atom is -0.478 e. The molecule has 28 heavy (non-hydrogen) atoms. The van der Waals surface area contributed by atoms with Gasteiger partial charge in [-0.15, -0.1) is 11.8 Å². The SMILES string of the molecule is Cc1ccc2nc(C)cc(SCC(=O)N/N=C\c3ccc(C(=O)O)cc3)c2c1. The molecular formula is C21H19N3O3S. The summed E-state index contributed by atoms with van der Waals surface area (Å²) in [5.41, 5.74) is 6.35. The molecule has 0 saturated heterocycles. The van der Waals surface area contributed by atoms with Gasteiger partial charge in [-0.2, -0.15) is 5.10 Å². The second-order valence-electron chi connectivity index (χ2n) is 6.29. The fourth-order valence-corrected chi connectivity index (χ4v) is 3.54. The molecule has 0 unspecified atom stereocenters. The largest absolute Gasteiger partial charge is 0.478 e. The van der Waals surface area contributed by atoms with Crippen molar-refractivity contribution >= 4 is 40.8 Å². The number of benzene rings is 2. The lowest BCUT2D eigenvalue weighted by molar-refractivity contribution is -0.118. The predicted molar refractivity (Wildman–Crippen MR) is 111 cm³/mol. The smallest absolute Gasteiger partial charge is 0.335 e. The number of carbonyl (C=O) groups excluding carboxylic acids is 1. The first kappa shape index (κ1) is 19.6. The molecule has 0 saturated carbocycles. The van der Waals surface area contributed by atoms with Gasteiger partial charge < -0.3 is 5.11 Å². The van der Waals surface area contributed by atoms with E-state index in [0.29, 0.717) is 5.56 Å². The van der Waals surface area contributed by atoms with Gasteiger partial charge in [-0.3, -0.25) is 9.78 Å². The number of aromatic carboxylic acids is 1. The van der Waals surface area contributed by atoms with E-state index in [1.807, 2.05) is 32.0 Å². The second-order valence-corrected chi connectivity index (χ2v) is 7.31. The van der Waals surface area contributed by atoms with Crippen LogP contribution in [0, 0.1) is 13.8 Å². The zero-order valence-corrected chi connectivity index (χ0v) is 16.3. The van der Waals surface area contributed by atoms with Gasteiger partial charge in [0.2, 0.25) is 5.91 Å². The summed E-state index contributed by atoms with van der Waals surface area (Å²) in [6.45, 7) is 3.96. The Labute approximate surface area is 166 Å². The number of nitrogens with zero attached hydrogens (tertiary/aromatic N) is 2. The number of aryl methyl sites for hydroxylation is 2. The van der Waals surface area contributed by atoms with Crippen molar-refractivity contribution in [3.05, 3.63) is 70.9 Å². The van der Waals surface area contributed by atoms with Crippen molar-refractivity contribution in [1.82, 2.24) is 10.4 Å². The normalized spacial score (nSPS) is 11.1. The predicted octanol–water partition coefficient (Wildman–Crippen LogP) is 3.79. The van der Waals surface area contributed by atoms with Crippen molar-refractivity contribution in [2.45, 2.75) is 18.7 Å². The monoisotopic (exact) mass is 393 g/mol. The molecule has 3 rings (SSSR count). The van der Waals surface area contributed by atoms with E-state index in [2.05, 4.69) is 21.6 Å². The van der Waals surface area contributed by atoms with Gasteiger partial charge in [-0.25, -0.2) is 10.2 Å². The number of carboxylic acid groups (broad SMARTS) is 1. The summed E-state index contributed by atoms with van der Waals surface area (Å²) >= 11 is 1.44. The average molecular weight is 393 g/mol. The van der Waals surface area contributed by atoms with Crippen molar-refractivity contribution in [3.63, 3.8) is 0 Å². The number of amides is 1. The first-order valence-electron chi connectivity index (χ1n) is 8.58. The number of hydrogen-bond acceptors (Lipinski definition) is 5. The minimum atomic E-state index is -0.983. The highest BCUT2D eigenvalue weighted by atomic mass is 32.2. The number of hydrazone groups is 1. The van der Waals surface area contributed by atoms with E-state index >= 15 is 0 Å². The molecule has 0 aliphatic heterocycles. The quantitative estimate of drug-likeness (QED) is 0.378. The van der Waals surface area contributed by atoms with Gasteiger partial charge in [0.15, 0.2) is 0 Å². The van der Waals surface area contributed by atoms with Crippen LogP contribution in [0.15, 0.2) is 58.5 Å². The number of rotatable bonds is 6. The zero-order valence-electron chi connectivity index (χ0n) is 15.5. The zero-order chi connectivity index (χ0) is 20.1. The van der Waals surface area contributed by atoms with Crippen LogP contribution < -0.4 is 5.43 Å². The Bertz CT molecular complexity index is 1060. The number of thioether (sulfide) groups is 1. The Morgan fingerprint density at radius 2 is 1.89 bits per heavy atom. The maximum Gasteiger partial charge on any atom is 0.335 e. The van der Waals surface area contributed by atoms with Crippen LogP contribution in [0.3, 0.4) is 0 Å². The first-order valence-corrected chi connectivity index (χ1v) is 9.57. The molecule has 1 aromatic heterocycles. The summed E-state index contributed by atoms with van der Waals surface area (Å²) in [7, 11) is 0. The topological polar surface area (TPSA) is 91.7 Å². The molecule has 0 spiro atoms. The molecule has 142 valence electrons. The number of pyridine rings is 1. The third-order valence-corrected chi connectivity index (χ3v) is 5.03. The van der Waals surface area contributed by atoms with Crippen molar-refractivity contribution in [3.8, 4) is 0 Å². The van der Waals surface area contributed by atoms with Gasteiger partial charge in [-0.05, 0) is 49.7 Å². The van der Waals surface area contributed by atoms with Gasteiger partial charge in [0.1, 0.15) is 0 Å². The Morgan fingerprint density at radius 1 is 1.14 bits per heavy atom. The molecule has 0 aliphatic rings. The molecule has 2 aromatic carbocycles. The molecule has 3 aromatic rings. The van der Waals surface area contributed by atoms with Gasteiger partial charge >= 0.3 is 5.97 Å². The third kappa shape index (κ3) is 4.95. The van der Waals surface area contributed by atoms with Crippen LogP contribution in [0.2, 0.25) is 0 Å². The van der Waals surface area contributed by atoms with E-state index in [1.165, 1.54) is 30.1 Å². The number of aromatic nitrogens is 1. The Kier molecular flexibility index (Phi) is 6.06. The third-order valence-electron chi connectivity index (χ3n) is 3.97. The van der Waals surface area contributed by atoms with Crippen LogP contribution in [-0.2, 0) is 4.79 Å². The molecule has 1 heterocycles. The maximum atomic E-state index is 12.1. The lowest BCUT2D eigenvalue weighted by atomic mass is 10.1. The van der Waals surface area contributed by atoms with E-state index in [-0.39, 0.29) is 17.2 Å². The van der Waals surface area contributed by atoms with E-state index in [1.54, 1.807) is 12.1 Å². The Balaban J connectivity index is 1.61. The number of carbonyl (C=O) groups is 2. The lowest BCUT2D eigenvalue weighted by Crippen LogP contribution is -2.19. The van der Waals surface area contributed by atoms with E-state index < -0.39 is 5.97 Å². The van der Waals surface area contributed by atoms with Crippen LogP contribution in [0.4, 0.5) is 0 Å². The van der Waals surface area contributed by atoms with Crippen LogP contribution in [-0.4, -0.2) is 33.9 Å². The summed E-state index contributed by atoms with van der Waals surface area (Å²) in [5.74, 6) is -0.983. The second kappa shape index (κ2) is 8.67. The van der Waals surface area contributed by atoms with E-state index in [0.717, 1.165) is 27.1 Å². The van der Waals surface area contributed by atoms with Crippen molar-refractivity contribution in [1.29, 1.82) is 0 Å². The lowest BCUT2D eigenvalue weighted by Gasteiger charge is -2.08. The number of nitrogens with one attached hydrogen (secondary N) is 1. The van der Waals surface area contributed by atoms with Gasteiger partial charge in [0, 0.05) is 16.0 Å². The molecule has 7 heteroatoms. The van der Waals surface area contributed by atoms with Gasteiger partial charge in [0.25, 0.3) is 0 Å². The molecule has 0 aliphatic carbocycles. The highest BCUT2D eigenvalue weighted by Crippen LogP contribution is 2.28. The van der Waals surface area contributed by atoms with Crippen molar-refractivity contribution in [2.75, 3.05) is 5.75 Å². The van der Waals surface area contributed by atoms with Crippen LogP contribution in [0.1, 0.15) is 27.2 Å². The van der Waals surface area contributed by atoms with Crippen LogP contribution >= 0.6 is 11.8 Å². The van der Waals surface area contributed by atoms with E-state index in [9.17, 15) is 9.59 Å². The molecule has 2 N–H and O–H groups in total. The molecule has 1 amide bonds. The summed E-state index contributed by atoms with van der Waals surface area (Å²) < 4.78 is 0. The minimum absolute atomic E-state index is 0.202. The fourth-order valence-electron chi connectivity index (χ4n) is 2.62. The van der Waals surface area contributed by atoms with E-state index in [4.69, 9.17) is 5.11 Å². The van der Waals surface area contributed by atoms with Crippen LogP contribution in [0.25, 0.3) is 10.9 Å². The molecule has 0 fully saturated rings. The van der Waals surface area contributed by atoms with Gasteiger partial charge in [-0.1, -0.05) is 23.8 Å². The highest BCUT2D eigenvalue weighted by Gasteiger charge is 2.08. The molecular weight excluding hydrogens is 374 g/mol. The fraction of sp³-hybridized carbons (Fsp3) is 0.143. The summed E-state index contributed by atoms with van der Waals surface area (Å²) in [6, 6.07) is 14.3. The maximum absolute atomic E-state index is 12.1. The number of hydrogen-bond donors (Lipinski definition) is 2. The number of fused-ring (bicyclic) bond motifs is 1. The van der Waals surface area contributed by atoms with Crippen molar-refractivity contribution < 1.29 is 14.7 Å². The highest BCUT2D eigenvalue weighted by molar-refractivity contribution is 8.00. The summed E-state index contributed by atoms with van der Waals surface area (Å²) in [6.07, 6.45) is 1.48. The van der Waals surface area contributed by atoms with Crippen LogP contribution in [0.5, 0.6) is 0 Å². The Morgan fingerprint density at radius 3 is 2.61 bits per heavy atom.